The summed E-state index contributed by atoms with van der Waals surface area (Å²) < 4.78 is 64.4. The predicted molar refractivity (Wildman–Crippen MR) is 114 cm³/mol. The van der Waals surface area contributed by atoms with Crippen LogP contribution in [0.3, 0.4) is 0 Å². The fraction of sp³-hybridized carbons (Fsp3) is 0.0769. The van der Waals surface area contributed by atoms with Gasteiger partial charge in [0.1, 0.15) is 4.90 Å². The first kappa shape index (κ1) is 20.8. The van der Waals surface area contributed by atoms with Gasteiger partial charge in [-0.25, -0.2) is 4.18 Å². The first-order chi connectivity index (χ1) is 11.0. The number of hydrogen-bond acceptors (Lipinski definition) is 5. The fourth-order valence-electron chi connectivity index (χ4n) is 1.82. The Labute approximate surface area is 180 Å². The van der Waals surface area contributed by atoms with Gasteiger partial charge in [-0.3, -0.25) is 4.55 Å². The Morgan fingerprint density at radius 3 is 1.88 bits per heavy atom. The van der Waals surface area contributed by atoms with Gasteiger partial charge < -0.3 is 0 Å². The van der Waals surface area contributed by atoms with Crippen molar-refractivity contribution in [1.29, 1.82) is 0 Å². The molecule has 0 fully saturated rings. The summed E-state index contributed by atoms with van der Waals surface area (Å²) in [4.78, 5) is -0.131. The van der Waals surface area contributed by atoms with Gasteiger partial charge in [-0.15, -0.1) is 0 Å². The largest absolute Gasteiger partial charge is 0.300 e. The molecular weight excluding hydrogens is 697 g/mol. The maximum Gasteiger partial charge on any atom is 0.300 e. The molecule has 0 aliphatic heterocycles. The van der Waals surface area contributed by atoms with Gasteiger partial charge in [-0.05, 0) is 85.5 Å². The van der Waals surface area contributed by atoms with Crippen LogP contribution in [0, 0.1) is 10.7 Å². The van der Waals surface area contributed by atoms with Crippen LogP contribution in [0.15, 0.2) is 47.4 Å². The lowest BCUT2D eigenvalue weighted by Gasteiger charge is -2.16. The number of rotatable bonds is 5. The molecule has 0 aromatic heterocycles. The third kappa shape index (κ3) is 5.00. The van der Waals surface area contributed by atoms with Gasteiger partial charge in [0, 0.05) is 10.7 Å². The Morgan fingerprint density at radius 2 is 1.42 bits per heavy atom. The summed E-state index contributed by atoms with van der Waals surface area (Å²) in [5.41, 5.74) is -2.02. The van der Waals surface area contributed by atoms with Gasteiger partial charge in [-0.1, -0.05) is 30.3 Å². The molecule has 0 aliphatic carbocycles. The van der Waals surface area contributed by atoms with Crippen molar-refractivity contribution >= 4 is 88.0 Å². The van der Waals surface area contributed by atoms with Crippen molar-refractivity contribution in [2.75, 3.05) is 0 Å². The first-order valence-corrected chi connectivity index (χ1v) is 12.3. The maximum absolute atomic E-state index is 12.6. The lowest BCUT2D eigenvalue weighted by molar-refractivity contribution is 0.266. The van der Waals surface area contributed by atoms with Crippen molar-refractivity contribution in [1.82, 2.24) is 0 Å². The number of hydrogen-bond donors (Lipinski definition) is 1. The zero-order chi connectivity index (χ0) is 18.1. The molecule has 0 saturated carbocycles. The van der Waals surface area contributed by atoms with Crippen LogP contribution in [-0.2, 0) is 24.4 Å². The Balaban J connectivity index is 2.54. The number of halogens is 3. The maximum atomic E-state index is 12.6. The van der Waals surface area contributed by atoms with E-state index in [4.69, 9.17) is 4.18 Å². The molecule has 1 atom stereocenters. The van der Waals surface area contributed by atoms with Crippen molar-refractivity contribution < 1.29 is 25.6 Å². The molecule has 6 nitrogen and oxygen atoms in total. The van der Waals surface area contributed by atoms with Gasteiger partial charge in [0.05, 0.1) is 0 Å². The molecule has 0 amide bonds. The summed E-state index contributed by atoms with van der Waals surface area (Å²) >= 11 is 5.72. The van der Waals surface area contributed by atoms with Crippen molar-refractivity contribution in [3.05, 3.63) is 58.7 Å². The minimum Gasteiger partial charge on any atom is -0.283 e. The summed E-state index contributed by atoms with van der Waals surface area (Å²) in [7, 11) is -9.23. The normalized spacial score (nSPS) is 13.7. The lowest BCUT2D eigenvalue weighted by Crippen LogP contribution is -2.21. The second kappa shape index (κ2) is 7.99. The van der Waals surface area contributed by atoms with Crippen molar-refractivity contribution in [2.45, 2.75) is 10.3 Å². The Bertz CT molecular complexity index is 935. The molecular formula is C13H9I3O6S2. The monoisotopic (exact) mass is 706 g/mol. The second-order valence-electron chi connectivity index (χ2n) is 4.51. The van der Waals surface area contributed by atoms with Crippen molar-refractivity contribution in [3.8, 4) is 0 Å². The van der Waals surface area contributed by atoms with Crippen LogP contribution in [0.25, 0.3) is 0 Å². The van der Waals surface area contributed by atoms with E-state index in [2.05, 4.69) is 0 Å². The van der Waals surface area contributed by atoms with E-state index >= 15 is 0 Å². The van der Waals surface area contributed by atoms with Crippen LogP contribution < -0.4 is 0 Å². The SMILES string of the molecule is O=S(=O)(OC(c1ccccc1)S(=O)(=O)O)c1c(I)cc(I)cc1I. The Kier molecular flexibility index (Phi) is 6.91. The van der Waals surface area contributed by atoms with Gasteiger partial charge >= 0.3 is 10.1 Å². The van der Waals surface area contributed by atoms with Crippen molar-refractivity contribution in [3.63, 3.8) is 0 Å². The average molecular weight is 706 g/mol. The van der Waals surface area contributed by atoms with Gasteiger partial charge in [0.25, 0.3) is 10.1 Å². The molecule has 0 radical (unpaired) electrons. The molecule has 0 bridgehead atoms. The second-order valence-corrected chi connectivity index (χ2v) is 11.0. The molecule has 0 saturated heterocycles. The van der Waals surface area contributed by atoms with E-state index in [-0.39, 0.29) is 10.5 Å². The minimum absolute atomic E-state index is 0.0131. The zero-order valence-electron chi connectivity index (χ0n) is 11.6. The van der Waals surface area contributed by atoms with Crippen LogP contribution in [-0.4, -0.2) is 21.4 Å². The molecule has 2 aromatic rings. The highest BCUT2D eigenvalue weighted by molar-refractivity contribution is 14.1. The quantitative estimate of drug-likeness (QED) is 0.289. The van der Waals surface area contributed by atoms with Crippen molar-refractivity contribution in [2.24, 2.45) is 0 Å². The van der Waals surface area contributed by atoms with Crippen LogP contribution >= 0.6 is 67.8 Å². The summed E-state index contributed by atoms with van der Waals surface area (Å²) in [6, 6.07) is 10.6. The molecule has 1 unspecified atom stereocenters. The van der Waals surface area contributed by atoms with E-state index in [0.29, 0.717) is 7.14 Å². The molecule has 2 rings (SSSR count). The van der Waals surface area contributed by atoms with Gasteiger partial charge in [0.15, 0.2) is 0 Å². The summed E-state index contributed by atoms with van der Waals surface area (Å²) in [5.74, 6) is 0. The minimum atomic E-state index is -4.80. The van der Waals surface area contributed by atoms with Crippen LogP contribution in [0.2, 0.25) is 0 Å². The zero-order valence-corrected chi connectivity index (χ0v) is 19.7. The van der Waals surface area contributed by atoms with E-state index < -0.39 is 25.7 Å². The smallest absolute Gasteiger partial charge is 0.283 e. The molecule has 11 heteroatoms. The first-order valence-electron chi connectivity index (χ1n) is 6.11. The molecule has 0 aliphatic rings. The molecule has 24 heavy (non-hydrogen) atoms. The average Bonchev–Trinajstić information content (AvgIpc) is 2.43. The summed E-state index contributed by atoms with van der Waals surface area (Å²) in [6.45, 7) is 0. The third-order valence-electron chi connectivity index (χ3n) is 2.77. The molecule has 2 aromatic carbocycles. The summed E-state index contributed by atoms with van der Waals surface area (Å²) in [6.07, 6.45) is 0. The molecule has 1 N–H and O–H groups in total. The highest BCUT2D eigenvalue weighted by Crippen LogP contribution is 2.33. The highest BCUT2D eigenvalue weighted by atomic mass is 127. The predicted octanol–water partition coefficient (Wildman–Crippen LogP) is 3.79. The van der Waals surface area contributed by atoms with Crippen LogP contribution in [0.4, 0.5) is 0 Å². The van der Waals surface area contributed by atoms with E-state index in [1.807, 2.05) is 67.8 Å². The standard InChI is InChI=1S/C13H9I3O6S2/c14-9-6-10(15)12(11(16)7-9)24(20,21)22-13(23(17,18)19)8-4-2-1-3-5-8/h1-7,13H,(H,17,18,19). The highest BCUT2D eigenvalue weighted by Gasteiger charge is 2.34. The lowest BCUT2D eigenvalue weighted by atomic mass is 10.2. The molecule has 130 valence electrons. The third-order valence-corrected chi connectivity index (χ3v) is 8.24. The topological polar surface area (TPSA) is 97.7 Å². The van der Waals surface area contributed by atoms with Gasteiger partial charge in [0.2, 0.25) is 5.44 Å². The fourth-order valence-corrected chi connectivity index (χ4v) is 9.26. The Morgan fingerprint density at radius 1 is 0.917 bits per heavy atom. The van der Waals surface area contributed by atoms with E-state index in [0.717, 1.165) is 3.57 Å². The van der Waals surface area contributed by atoms with Crippen LogP contribution in [0.5, 0.6) is 0 Å². The van der Waals surface area contributed by atoms with Gasteiger partial charge in [-0.2, -0.15) is 16.8 Å². The number of benzene rings is 2. The van der Waals surface area contributed by atoms with E-state index in [9.17, 15) is 21.4 Å². The summed E-state index contributed by atoms with van der Waals surface area (Å²) in [5, 5.41) is 0. The van der Waals surface area contributed by atoms with E-state index in [1.54, 1.807) is 18.2 Å². The Hall–Kier alpha value is 0.450. The van der Waals surface area contributed by atoms with Crippen LogP contribution in [0.1, 0.15) is 11.0 Å². The van der Waals surface area contributed by atoms with E-state index in [1.165, 1.54) is 24.3 Å². The molecule has 0 spiro atoms. The molecule has 0 heterocycles.